The summed E-state index contributed by atoms with van der Waals surface area (Å²) < 4.78 is 25.3. The molecule has 1 aromatic carbocycles. The zero-order chi connectivity index (χ0) is 13.9. The van der Waals surface area contributed by atoms with Gasteiger partial charge in [-0.2, -0.15) is 0 Å². The normalized spacial score (nSPS) is 18.4. The highest BCUT2D eigenvalue weighted by Crippen LogP contribution is 2.10. The minimum atomic E-state index is -3.45. The number of nitrogens with one attached hydrogen (secondary N) is 3. The molecule has 0 bridgehead atoms. The smallest absolute Gasteiger partial charge is 0.251 e. The quantitative estimate of drug-likeness (QED) is 0.735. The van der Waals surface area contributed by atoms with Crippen molar-refractivity contribution in [3.8, 4) is 0 Å². The molecular weight excluding hydrogens is 302 g/mol. The molecule has 0 aliphatic carbocycles. The van der Waals surface area contributed by atoms with Crippen LogP contribution in [-0.2, 0) is 10.0 Å². The third-order valence-corrected chi connectivity index (χ3v) is 4.52. The SMILES string of the molecule is CNS(=O)(=O)c1ccc(C(=O)NC2CCNC2)cc1.Cl. The van der Waals surface area contributed by atoms with Crippen LogP contribution >= 0.6 is 12.4 Å². The largest absolute Gasteiger partial charge is 0.348 e. The molecule has 112 valence electrons. The van der Waals surface area contributed by atoms with Crippen molar-refractivity contribution in [1.29, 1.82) is 0 Å². The summed E-state index contributed by atoms with van der Waals surface area (Å²) >= 11 is 0. The summed E-state index contributed by atoms with van der Waals surface area (Å²) in [5.41, 5.74) is 0.460. The van der Waals surface area contributed by atoms with E-state index in [0.717, 1.165) is 19.5 Å². The van der Waals surface area contributed by atoms with E-state index in [4.69, 9.17) is 0 Å². The monoisotopic (exact) mass is 319 g/mol. The van der Waals surface area contributed by atoms with Crippen LogP contribution < -0.4 is 15.4 Å². The molecule has 20 heavy (non-hydrogen) atoms. The zero-order valence-electron chi connectivity index (χ0n) is 11.0. The van der Waals surface area contributed by atoms with Gasteiger partial charge in [0.2, 0.25) is 10.0 Å². The maximum absolute atomic E-state index is 11.9. The van der Waals surface area contributed by atoms with E-state index in [1.54, 1.807) is 0 Å². The van der Waals surface area contributed by atoms with Crippen LogP contribution in [0.4, 0.5) is 0 Å². The van der Waals surface area contributed by atoms with Crippen LogP contribution in [0.15, 0.2) is 29.2 Å². The van der Waals surface area contributed by atoms with E-state index < -0.39 is 10.0 Å². The van der Waals surface area contributed by atoms with Crippen LogP contribution in [0.25, 0.3) is 0 Å². The number of benzene rings is 1. The van der Waals surface area contributed by atoms with Gasteiger partial charge in [-0.15, -0.1) is 12.4 Å². The van der Waals surface area contributed by atoms with Gasteiger partial charge in [0.1, 0.15) is 0 Å². The summed E-state index contributed by atoms with van der Waals surface area (Å²) in [6.07, 6.45) is 0.915. The Balaban J connectivity index is 0.00000200. The molecule has 0 spiro atoms. The number of sulfonamides is 1. The molecule has 8 heteroatoms. The summed E-state index contributed by atoms with van der Waals surface area (Å²) in [4.78, 5) is 12.1. The van der Waals surface area contributed by atoms with Crippen LogP contribution in [0.1, 0.15) is 16.8 Å². The number of hydrogen-bond acceptors (Lipinski definition) is 4. The van der Waals surface area contributed by atoms with E-state index in [0.29, 0.717) is 5.56 Å². The second-order valence-electron chi connectivity index (χ2n) is 4.40. The van der Waals surface area contributed by atoms with Gasteiger partial charge >= 0.3 is 0 Å². The van der Waals surface area contributed by atoms with Crippen LogP contribution in [0.2, 0.25) is 0 Å². The van der Waals surface area contributed by atoms with E-state index in [1.165, 1.54) is 31.3 Å². The van der Waals surface area contributed by atoms with Crippen molar-refractivity contribution in [3.63, 3.8) is 0 Å². The summed E-state index contributed by atoms with van der Waals surface area (Å²) in [7, 11) is -2.10. The van der Waals surface area contributed by atoms with Crippen LogP contribution in [0.3, 0.4) is 0 Å². The van der Waals surface area contributed by atoms with Crippen molar-refractivity contribution in [3.05, 3.63) is 29.8 Å². The van der Waals surface area contributed by atoms with Crippen LogP contribution in [-0.4, -0.2) is 40.5 Å². The molecule has 1 saturated heterocycles. The Morgan fingerprint density at radius 1 is 1.30 bits per heavy atom. The molecule has 1 atom stereocenters. The van der Waals surface area contributed by atoms with E-state index in [2.05, 4.69) is 15.4 Å². The highest BCUT2D eigenvalue weighted by Gasteiger charge is 2.18. The van der Waals surface area contributed by atoms with Gasteiger partial charge in [0.15, 0.2) is 0 Å². The summed E-state index contributed by atoms with van der Waals surface area (Å²) in [6, 6.07) is 6.03. The first-order valence-electron chi connectivity index (χ1n) is 6.08. The lowest BCUT2D eigenvalue weighted by atomic mass is 10.2. The van der Waals surface area contributed by atoms with Gasteiger partial charge < -0.3 is 10.6 Å². The molecule has 3 N–H and O–H groups in total. The topological polar surface area (TPSA) is 87.3 Å². The molecule has 0 saturated carbocycles. The molecular formula is C12H18ClN3O3S. The molecule has 1 aliphatic rings. The number of halogens is 1. The first-order valence-corrected chi connectivity index (χ1v) is 7.56. The predicted molar refractivity (Wildman–Crippen MR) is 78.7 cm³/mol. The Kier molecular flexibility index (Phi) is 5.94. The first kappa shape index (κ1) is 16.9. The molecule has 6 nitrogen and oxygen atoms in total. The molecule has 1 fully saturated rings. The average molecular weight is 320 g/mol. The van der Waals surface area contributed by atoms with E-state index in [1.807, 2.05) is 0 Å². The highest BCUT2D eigenvalue weighted by molar-refractivity contribution is 7.89. The minimum Gasteiger partial charge on any atom is -0.348 e. The van der Waals surface area contributed by atoms with Crippen LogP contribution in [0.5, 0.6) is 0 Å². The molecule has 2 rings (SSSR count). The molecule has 1 amide bonds. The second-order valence-corrected chi connectivity index (χ2v) is 6.28. The number of amides is 1. The summed E-state index contributed by atoms with van der Waals surface area (Å²) in [6.45, 7) is 1.68. The number of hydrogen-bond donors (Lipinski definition) is 3. The van der Waals surface area contributed by atoms with Crippen molar-refractivity contribution in [2.24, 2.45) is 0 Å². The fourth-order valence-corrected chi connectivity index (χ4v) is 2.68. The molecule has 1 heterocycles. The van der Waals surface area contributed by atoms with E-state index in [-0.39, 0.29) is 29.3 Å². The Morgan fingerprint density at radius 2 is 1.95 bits per heavy atom. The lowest BCUT2D eigenvalue weighted by molar-refractivity contribution is 0.0940. The number of carbonyl (C=O) groups is 1. The van der Waals surface area contributed by atoms with Crippen molar-refractivity contribution < 1.29 is 13.2 Å². The third-order valence-electron chi connectivity index (χ3n) is 3.09. The molecule has 1 aliphatic heterocycles. The van der Waals surface area contributed by atoms with E-state index in [9.17, 15) is 13.2 Å². The fraction of sp³-hybridized carbons (Fsp3) is 0.417. The van der Waals surface area contributed by atoms with E-state index >= 15 is 0 Å². The highest BCUT2D eigenvalue weighted by atomic mass is 35.5. The Labute approximate surface area is 124 Å². The fourth-order valence-electron chi connectivity index (χ4n) is 1.95. The van der Waals surface area contributed by atoms with Crippen molar-refractivity contribution in [2.75, 3.05) is 20.1 Å². The maximum Gasteiger partial charge on any atom is 0.251 e. The molecule has 0 radical (unpaired) electrons. The third kappa shape index (κ3) is 3.92. The predicted octanol–water partition coefficient (Wildman–Crippen LogP) is 0.108. The van der Waals surface area contributed by atoms with Gasteiger partial charge in [0.25, 0.3) is 5.91 Å². The van der Waals surface area contributed by atoms with Crippen LogP contribution in [0, 0.1) is 0 Å². The first-order chi connectivity index (χ1) is 9.03. The summed E-state index contributed by atoms with van der Waals surface area (Å²) in [5.74, 6) is -0.179. The van der Waals surface area contributed by atoms with Gasteiger partial charge in [0, 0.05) is 18.2 Å². The minimum absolute atomic E-state index is 0. The lowest BCUT2D eigenvalue weighted by Gasteiger charge is -2.11. The second kappa shape index (κ2) is 7.03. The molecule has 1 aromatic rings. The lowest BCUT2D eigenvalue weighted by Crippen LogP contribution is -2.36. The number of carbonyl (C=O) groups excluding carboxylic acids is 1. The van der Waals surface area contributed by atoms with Gasteiger partial charge in [-0.1, -0.05) is 0 Å². The Hall–Kier alpha value is -1.15. The van der Waals surface area contributed by atoms with Crippen molar-refractivity contribution in [1.82, 2.24) is 15.4 Å². The van der Waals surface area contributed by atoms with Gasteiger partial charge in [0.05, 0.1) is 4.90 Å². The maximum atomic E-state index is 11.9. The summed E-state index contributed by atoms with van der Waals surface area (Å²) in [5, 5.41) is 6.06. The molecule has 0 aromatic heterocycles. The van der Waals surface area contributed by atoms with Gasteiger partial charge in [-0.25, -0.2) is 13.1 Å². The Bertz CT molecular complexity index is 554. The van der Waals surface area contributed by atoms with Crippen molar-refractivity contribution >= 4 is 28.3 Å². The number of rotatable bonds is 4. The van der Waals surface area contributed by atoms with Gasteiger partial charge in [-0.3, -0.25) is 4.79 Å². The molecule has 1 unspecified atom stereocenters. The van der Waals surface area contributed by atoms with Gasteiger partial charge in [-0.05, 0) is 44.3 Å². The standard InChI is InChI=1S/C12H17N3O3S.ClH/c1-13-19(17,18)11-4-2-9(3-5-11)12(16)15-10-6-7-14-8-10;/h2-5,10,13-14H,6-8H2,1H3,(H,15,16);1H. The zero-order valence-corrected chi connectivity index (χ0v) is 12.7. The van der Waals surface area contributed by atoms with Crippen molar-refractivity contribution in [2.45, 2.75) is 17.4 Å². The average Bonchev–Trinajstić information content (AvgIpc) is 2.91. The Morgan fingerprint density at radius 3 is 2.45 bits per heavy atom.